The number of para-hydroxylation sites is 3. The van der Waals surface area contributed by atoms with E-state index in [1.54, 1.807) is 17.0 Å². The van der Waals surface area contributed by atoms with E-state index in [9.17, 15) is 9.59 Å². The molecule has 0 radical (unpaired) electrons. The molecule has 1 aliphatic heterocycles. The number of hydrogen-bond donors (Lipinski definition) is 1. The quantitative estimate of drug-likeness (QED) is 0.826. The van der Waals surface area contributed by atoms with Crippen molar-refractivity contribution in [3.63, 3.8) is 0 Å². The molecule has 0 aromatic heterocycles. The van der Waals surface area contributed by atoms with Crippen molar-refractivity contribution in [3.05, 3.63) is 54.6 Å². The van der Waals surface area contributed by atoms with E-state index in [0.717, 1.165) is 25.9 Å². The molecule has 0 saturated carbocycles. The monoisotopic (exact) mass is 352 g/mol. The molecule has 5 heteroatoms. The maximum Gasteiger partial charge on any atom is 0.233 e. The van der Waals surface area contributed by atoms with Crippen molar-refractivity contribution in [2.24, 2.45) is 5.92 Å². The van der Waals surface area contributed by atoms with Crippen LogP contribution in [0.5, 0.6) is 11.5 Å². The fourth-order valence-corrected chi connectivity index (χ4v) is 2.98. The first-order valence-electron chi connectivity index (χ1n) is 9.01. The third-order valence-corrected chi connectivity index (χ3v) is 4.58. The summed E-state index contributed by atoms with van der Waals surface area (Å²) in [7, 11) is 0. The summed E-state index contributed by atoms with van der Waals surface area (Å²) in [5, 5.41) is 2.80. The molecule has 3 rings (SSSR count). The number of ether oxygens (including phenoxy) is 1. The highest BCUT2D eigenvalue weighted by Gasteiger charge is 2.22. The van der Waals surface area contributed by atoms with Crippen LogP contribution in [-0.4, -0.2) is 29.8 Å². The lowest BCUT2D eigenvalue weighted by molar-refractivity contribution is -0.135. The summed E-state index contributed by atoms with van der Waals surface area (Å²) in [5.74, 6) is 1.45. The minimum atomic E-state index is -0.322. The first-order chi connectivity index (χ1) is 12.6. The fraction of sp³-hybridized carbons (Fsp3) is 0.333. The molecule has 5 nitrogen and oxygen atoms in total. The average Bonchev–Trinajstić information content (AvgIpc) is 2.64. The Labute approximate surface area is 154 Å². The topological polar surface area (TPSA) is 58.6 Å². The van der Waals surface area contributed by atoms with Gasteiger partial charge >= 0.3 is 0 Å². The van der Waals surface area contributed by atoms with Gasteiger partial charge in [0, 0.05) is 13.1 Å². The lowest BCUT2D eigenvalue weighted by atomic mass is 9.99. The number of carbonyl (C=O) groups is 2. The second kappa shape index (κ2) is 8.52. The van der Waals surface area contributed by atoms with E-state index in [0.29, 0.717) is 23.1 Å². The molecule has 0 bridgehead atoms. The van der Waals surface area contributed by atoms with Crippen LogP contribution >= 0.6 is 0 Å². The van der Waals surface area contributed by atoms with E-state index in [1.807, 2.05) is 42.5 Å². The number of hydrogen-bond acceptors (Lipinski definition) is 3. The lowest BCUT2D eigenvalue weighted by Gasteiger charge is -2.30. The molecule has 1 aliphatic rings. The van der Waals surface area contributed by atoms with Gasteiger partial charge in [-0.05, 0) is 43.0 Å². The second-order valence-corrected chi connectivity index (χ2v) is 6.70. The SMILES string of the molecule is CC1CCN(C(=O)CC(=O)Nc2ccccc2Oc2ccccc2)CC1. The van der Waals surface area contributed by atoms with Gasteiger partial charge in [0.15, 0.2) is 5.75 Å². The second-order valence-electron chi connectivity index (χ2n) is 6.70. The maximum atomic E-state index is 12.3. The Morgan fingerprint density at radius 1 is 1.04 bits per heavy atom. The normalized spacial score (nSPS) is 14.7. The standard InChI is InChI=1S/C21H24N2O3/c1-16-11-13-23(14-12-16)21(25)15-20(24)22-18-9-5-6-10-19(18)26-17-7-3-2-4-8-17/h2-10,16H,11-15H2,1H3,(H,22,24). The Morgan fingerprint density at radius 2 is 1.69 bits per heavy atom. The highest BCUT2D eigenvalue weighted by Crippen LogP contribution is 2.29. The Bertz CT molecular complexity index is 753. The van der Waals surface area contributed by atoms with Crippen molar-refractivity contribution in [2.75, 3.05) is 18.4 Å². The van der Waals surface area contributed by atoms with Crippen LogP contribution in [0.25, 0.3) is 0 Å². The molecule has 2 amide bonds. The minimum absolute atomic E-state index is 0.115. The summed E-state index contributed by atoms with van der Waals surface area (Å²) < 4.78 is 5.83. The van der Waals surface area contributed by atoms with Crippen molar-refractivity contribution in [3.8, 4) is 11.5 Å². The van der Waals surface area contributed by atoms with E-state index in [2.05, 4.69) is 12.2 Å². The molecule has 1 fully saturated rings. The first kappa shape index (κ1) is 18.0. The van der Waals surface area contributed by atoms with Crippen LogP contribution in [0.4, 0.5) is 5.69 Å². The number of benzene rings is 2. The van der Waals surface area contributed by atoms with E-state index in [4.69, 9.17) is 4.74 Å². The number of piperidine rings is 1. The van der Waals surface area contributed by atoms with Crippen molar-refractivity contribution in [2.45, 2.75) is 26.2 Å². The predicted octanol–water partition coefficient (Wildman–Crippen LogP) is 4.07. The van der Waals surface area contributed by atoms with E-state index in [-0.39, 0.29) is 18.2 Å². The predicted molar refractivity (Wildman–Crippen MR) is 101 cm³/mol. The summed E-state index contributed by atoms with van der Waals surface area (Å²) >= 11 is 0. The molecule has 2 aromatic carbocycles. The first-order valence-corrected chi connectivity index (χ1v) is 9.01. The van der Waals surface area contributed by atoms with Crippen molar-refractivity contribution in [1.82, 2.24) is 4.90 Å². The van der Waals surface area contributed by atoms with Crippen LogP contribution < -0.4 is 10.1 Å². The van der Waals surface area contributed by atoms with E-state index < -0.39 is 0 Å². The summed E-state index contributed by atoms with van der Waals surface area (Å²) in [6.45, 7) is 3.67. The third kappa shape index (κ3) is 4.85. The summed E-state index contributed by atoms with van der Waals surface area (Å²) in [6.07, 6.45) is 1.86. The Hall–Kier alpha value is -2.82. The summed E-state index contributed by atoms with van der Waals surface area (Å²) in [5.41, 5.74) is 0.557. The van der Waals surface area contributed by atoms with Gasteiger partial charge in [-0.15, -0.1) is 0 Å². The van der Waals surface area contributed by atoms with Gasteiger partial charge in [-0.25, -0.2) is 0 Å². The van der Waals surface area contributed by atoms with Gasteiger partial charge in [0.05, 0.1) is 5.69 Å². The highest BCUT2D eigenvalue weighted by atomic mass is 16.5. The minimum Gasteiger partial charge on any atom is -0.455 e. The number of rotatable bonds is 5. The number of nitrogens with zero attached hydrogens (tertiary/aromatic N) is 1. The molecule has 0 unspecified atom stereocenters. The molecule has 0 atom stereocenters. The molecular weight excluding hydrogens is 328 g/mol. The Kier molecular flexibility index (Phi) is 5.89. The zero-order valence-corrected chi connectivity index (χ0v) is 15.0. The van der Waals surface area contributed by atoms with Gasteiger partial charge in [0.2, 0.25) is 11.8 Å². The molecule has 1 N–H and O–H groups in total. The van der Waals surface area contributed by atoms with Crippen LogP contribution in [0.2, 0.25) is 0 Å². The maximum absolute atomic E-state index is 12.3. The van der Waals surface area contributed by atoms with Gasteiger partial charge in [-0.1, -0.05) is 37.3 Å². The van der Waals surface area contributed by atoms with Gasteiger partial charge in [-0.3, -0.25) is 9.59 Å². The van der Waals surface area contributed by atoms with Gasteiger partial charge < -0.3 is 15.0 Å². The van der Waals surface area contributed by atoms with Crippen LogP contribution in [0.3, 0.4) is 0 Å². The lowest BCUT2D eigenvalue weighted by Crippen LogP contribution is -2.39. The van der Waals surface area contributed by atoms with Gasteiger partial charge in [0.1, 0.15) is 12.2 Å². The average molecular weight is 352 g/mol. The van der Waals surface area contributed by atoms with Crippen LogP contribution in [0.1, 0.15) is 26.2 Å². The molecule has 2 aromatic rings. The molecule has 1 saturated heterocycles. The zero-order chi connectivity index (χ0) is 18.4. The number of nitrogens with one attached hydrogen (secondary N) is 1. The third-order valence-electron chi connectivity index (χ3n) is 4.58. The molecule has 0 spiro atoms. The highest BCUT2D eigenvalue weighted by molar-refractivity contribution is 6.04. The molecule has 26 heavy (non-hydrogen) atoms. The van der Waals surface area contributed by atoms with Crippen LogP contribution in [0, 0.1) is 5.92 Å². The summed E-state index contributed by atoms with van der Waals surface area (Å²) in [4.78, 5) is 26.4. The molecule has 136 valence electrons. The number of carbonyl (C=O) groups excluding carboxylic acids is 2. The molecule has 1 heterocycles. The Balaban J connectivity index is 1.60. The summed E-state index contributed by atoms with van der Waals surface area (Å²) in [6, 6.07) is 16.6. The van der Waals surface area contributed by atoms with E-state index in [1.165, 1.54) is 0 Å². The van der Waals surface area contributed by atoms with Gasteiger partial charge in [-0.2, -0.15) is 0 Å². The molecule has 0 aliphatic carbocycles. The number of anilines is 1. The number of likely N-dealkylation sites (tertiary alicyclic amines) is 1. The van der Waals surface area contributed by atoms with Crippen LogP contribution in [-0.2, 0) is 9.59 Å². The molecular formula is C21H24N2O3. The fourth-order valence-electron chi connectivity index (χ4n) is 2.98. The van der Waals surface area contributed by atoms with Gasteiger partial charge in [0.25, 0.3) is 0 Å². The van der Waals surface area contributed by atoms with E-state index >= 15 is 0 Å². The number of amides is 2. The van der Waals surface area contributed by atoms with Crippen molar-refractivity contribution in [1.29, 1.82) is 0 Å². The Morgan fingerprint density at radius 3 is 2.42 bits per heavy atom. The van der Waals surface area contributed by atoms with Crippen molar-refractivity contribution < 1.29 is 14.3 Å². The van der Waals surface area contributed by atoms with Crippen LogP contribution in [0.15, 0.2) is 54.6 Å². The smallest absolute Gasteiger partial charge is 0.233 e. The van der Waals surface area contributed by atoms with Crippen molar-refractivity contribution >= 4 is 17.5 Å². The zero-order valence-electron chi connectivity index (χ0n) is 15.0. The largest absolute Gasteiger partial charge is 0.455 e.